The van der Waals surface area contributed by atoms with E-state index < -0.39 is 0 Å². The van der Waals surface area contributed by atoms with Gasteiger partial charge in [-0.15, -0.1) is 0 Å². The first-order valence-electron chi connectivity index (χ1n) is 4.98. The summed E-state index contributed by atoms with van der Waals surface area (Å²) >= 11 is 0. The second-order valence-electron chi connectivity index (χ2n) is 3.74. The van der Waals surface area contributed by atoms with E-state index in [4.69, 9.17) is 10.5 Å². The Morgan fingerprint density at radius 3 is 2.57 bits per heavy atom. The number of ether oxygens (including phenoxy) is 1. The predicted octanol–water partition coefficient (Wildman–Crippen LogP) is 1.90. The predicted molar refractivity (Wildman–Crippen MR) is 59.3 cm³/mol. The fraction of sp³-hybridized carbons (Fsp3) is 0.500. The third kappa shape index (κ3) is 2.82. The van der Waals surface area contributed by atoms with E-state index in [1.807, 2.05) is 19.1 Å². The molecule has 0 spiro atoms. The average molecular weight is 193 g/mol. The average Bonchev–Trinajstić information content (AvgIpc) is 2.20. The van der Waals surface area contributed by atoms with Crippen LogP contribution >= 0.6 is 0 Å². The normalized spacial score (nSPS) is 15.1. The Kier molecular flexibility index (Phi) is 4.11. The molecule has 0 aromatic heterocycles. The fourth-order valence-electron chi connectivity index (χ4n) is 1.43. The first kappa shape index (κ1) is 11.2. The molecule has 78 valence electrons. The molecule has 1 aromatic carbocycles. The summed E-state index contributed by atoms with van der Waals surface area (Å²) < 4.78 is 5.20. The number of nitrogens with two attached hydrogens (primary N) is 1. The molecular formula is C12H19NO. The monoisotopic (exact) mass is 193 g/mol. The lowest BCUT2D eigenvalue weighted by Crippen LogP contribution is -2.35. The second-order valence-corrected chi connectivity index (χ2v) is 3.74. The van der Waals surface area contributed by atoms with Crippen LogP contribution in [0.4, 0.5) is 0 Å². The molecular weight excluding hydrogens is 174 g/mol. The van der Waals surface area contributed by atoms with Crippen LogP contribution < -0.4 is 5.73 Å². The molecule has 2 unspecified atom stereocenters. The Bertz CT molecular complexity index is 285. The van der Waals surface area contributed by atoms with Gasteiger partial charge in [-0.3, -0.25) is 0 Å². The topological polar surface area (TPSA) is 35.2 Å². The Hall–Kier alpha value is -0.860. The van der Waals surface area contributed by atoms with E-state index in [1.165, 1.54) is 11.1 Å². The number of methoxy groups -OCH3 is 1. The molecule has 2 nitrogen and oxygen atoms in total. The van der Waals surface area contributed by atoms with E-state index >= 15 is 0 Å². The lowest BCUT2D eigenvalue weighted by Gasteiger charge is -2.19. The van der Waals surface area contributed by atoms with Crippen molar-refractivity contribution in [3.8, 4) is 0 Å². The zero-order chi connectivity index (χ0) is 10.6. The van der Waals surface area contributed by atoms with Gasteiger partial charge in [-0.1, -0.05) is 24.3 Å². The molecule has 0 amide bonds. The van der Waals surface area contributed by atoms with Gasteiger partial charge < -0.3 is 10.5 Å². The first-order valence-corrected chi connectivity index (χ1v) is 4.98. The minimum Gasteiger partial charge on any atom is -0.380 e. The van der Waals surface area contributed by atoms with E-state index in [1.54, 1.807) is 7.11 Å². The summed E-state index contributed by atoms with van der Waals surface area (Å²) in [6, 6.07) is 8.40. The van der Waals surface area contributed by atoms with Gasteiger partial charge in [-0.2, -0.15) is 0 Å². The minimum atomic E-state index is 0.0705. The Morgan fingerprint density at radius 2 is 2.00 bits per heavy atom. The molecule has 0 heterocycles. The van der Waals surface area contributed by atoms with Crippen LogP contribution in [0.15, 0.2) is 24.3 Å². The van der Waals surface area contributed by atoms with Gasteiger partial charge in [0.15, 0.2) is 0 Å². The maximum atomic E-state index is 6.00. The van der Waals surface area contributed by atoms with Crippen molar-refractivity contribution in [1.29, 1.82) is 0 Å². The van der Waals surface area contributed by atoms with Crippen LogP contribution in [0.1, 0.15) is 18.1 Å². The Morgan fingerprint density at radius 1 is 1.36 bits per heavy atom. The lowest BCUT2D eigenvalue weighted by molar-refractivity contribution is 0.0955. The largest absolute Gasteiger partial charge is 0.380 e. The van der Waals surface area contributed by atoms with E-state index in [-0.39, 0.29) is 12.1 Å². The SMILES string of the molecule is COC(C)C(N)Cc1ccccc1C. The highest BCUT2D eigenvalue weighted by atomic mass is 16.5. The molecule has 1 rings (SSSR count). The lowest BCUT2D eigenvalue weighted by atomic mass is 9.99. The summed E-state index contributed by atoms with van der Waals surface area (Å²) in [5.41, 5.74) is 8.61. The van der Waals surface area contributed by atoms with Crippen molar-refractivity contribution in [2.75, 3.05) is 7.11 Å². The quantitative estimate of drug-likeness (QED) is 0.792. The zero-order valence-corrected chi connectivity index (χ0v) is 9.16. The molecule has 0 fully saturated rings. The first-order chi connectivity index (χ1) is 6.65. The molecule has 0 aliphatic rings. The summed E-state index contributed by atoms with van der Waals surface area (Å²) in [6.07, 6.45) is 0.983. The standard InChI is InChI=1S/C12H19NO/c1-9-6-4-5-7-11(9)8-12(13)10(2)14-3/h4-7,10,12H,8,13H2,1-3H3. The summed E-state index contributed by atoms with van der Waals surface area (Å²) in [4.78, 5) is 0. The van der Waals surface area contributed by atoms with Crippen molar-refractivity contribution in [3.63, 3.8) is 0 Å². The molecule has 0 aliphatic heterocycles. The summed E-state index contributed by atoms with van der Waals surface area (Å²) in [5, 5.41) is 0. The molecule has 0 saturated carbocycles. The van der Waals surface area contributed by atoms with Crippen LogP contribution in [0.3, 0.4) is 0 Å². The van der Waals surface area contributed by atoms with Crippen molar-refractivity contribution < 1.29 is 4.74 Å². The van der Waals surface area contributed by atoms with Gasteiger partial charge in [-0.05, 0) is 31.4 Å². The second kappa shape index (κ2) is 5.13. The number of benzene rings is 1. The van der Waals surface area contributed by atoms with Crippen LogP contribution in [0.5, 0.6) is 0 Å². The molecule has 2 atom stereocenters. The van der Waals surface area contributed by atoms with E-state index in [2.05, 4.69) is 19.1 Å². The molecule has 0 aliphatic carbocycles. The third-order valence-electron chi connectivity index (χ3n) is 2.69. The summed E-state index contributed by atoms with van der Waals surface area (Å²) in [7, 11) is 1.70. The van der Waals surface area contributed by atoms with E-state index in [9.17, 15) is 0 Å². The molecule has 2 N–H and O–H groups in total. The number of rotatable bonds is 4. The Balaban J connectivity index is 2.64. The highest BCUT2D eigenvalue weighted by molar-refractivity contribution is 5.26. The molecule has 2 heteroatoms. The minimum absolute atomic E-state index is 0.0705. The smallest absolute Gasteiger partial charge is 0.0697 e. The Labute approximate surface area is 86.1 Å². The van der Waals surface area contributed by atoms with Crippen LogP contribution in [0.2, 0.25) is 0 Å². The van der Waals surface area contributed by atoms with Gasteiger partial charge in [0.1, 0.15) is 0 Å². The highest BCUT2D eigenvalue weighted by Gasteiger charge is 2.12. The van der Waals surface area contributed by atoms with Crippen molar-refractivity contribution in [1.82, 2.24) is 0 Å². The van der Waals surface area contributed by atoms with Gasteiger partial charge in [0.05, 0.1) is 6.10 Å². The van der Waals surface area contributed by atoms with Gasteiger partial charge in [0.2, 0.25) is 0 Å². The van der Waals surface area contributed by atoms with Crippen molar-refractivity contribution in [2.45, 2.75) is 32.4 Å². The molecule has 0 radical (unpaired) electrons. The van der Waals surface area contributed by atoms with Crippen molar-refractivity contribution in [2.24, 2.45) is 5.73 Å². The summed E-state index contributed by atoms with van der Waals surface area (Å²) in [6.45, 7) is 4.11. The third-order valence-corrected chi connectivity index (χ3v) is 2.69. The van der Waals surface area contributed by atoms with Gasteiger partial charge in [0, 0.05) is 13.2 Å². The molecule has 0 saturated heterocycles. The molecule has 0 bridgehead atoms. The van der Waals surface area contributed by atoms with Crippen molar-refractivity contribution in [3.05, 3.63) is 35.4 Å². The van der Waals surface area contributed by atoms with Crippen LogP contribution in [-0.4, -0.2) is 19.3 Å². The molecule has 14 heavy (non-hydrogen) atoms. The van der Waals surface area contributed by atoms with E-state index in [0.717, 1.165) is 6.42 Å². The molecule has 1 aromatic rings. The van der Waals surface area contributed by atoms with Gasteiger partial charge in [0.25, 0.3) is 0 Å². The number of hydrogen-bond acceptors (Lipinski definition) is 2. The van der Waals surface area contributed by atoms with Crippen LogP contribution in [-0.2, 0) is 11.2 Å². The number of aryl methyl sites for hydroxylation is 1. The highest BCUT2D eigenvalue weighted by Crippen LogP contribution is 2.11. The number of hydrogen-bond donors (Lipinski definition) is 1. The maximum absolute atomic E-state index is 6.00. The van der Waals surface area contributed by atoms with E-state index in [0.29, 0.717) is 0 Å². The van der Waals surface area contributed by atoms with Gasteiger partial charge in [-0.25, -0.2) is 0 Å². The zero-order valence-electron chi connectivity index (χ0n) is 9.16. The summed E-state index contributed by atoms with van der Waals surface area (Å²) in [5.74, 6) is 0. The maximum Gasteiger partial charge on any atom is 0.0697 e. The fourth-order valence-corrected chi connectivity index (χ4v) is 1.43. The van der Waals surface area contributed by atoms with Gasteiger partial charge >= 0.3 is 0 Å². The van der Waals surface area contributed by atoms with Crippen LogP contribution in [0.25, 0.3) is 0 Å². The van der Waals surface area contributed by atoms with Crippen LogP contribution in [0, 0.1) is 6.92 Å². The van der Waals surface area contributed by atoms with Crippen molar-refractivity contribution >= 4 is 0 Å².